The van der Waals surface area contributed by atoms with E-state index in [2.05, 4.69) is 11.4 Å². The molecular weight excluding hydrogens is 332 g/mol. The SMILES string of the molecule is O=C(Nc1cccc2c1CCCC2)C1CCCN1C(=O)c1cccs1. The summed E-state index contributed by atoms with van der Waals surface area (Å²) in [6, 6.07) is 9.50. The Morgan fingerprint density at radius 1 is 1.08 bits per heavy atom. The summed E-state index contributed by atoms with van der Waals surface area (Å²) < 4.78 is 0. The second-order valence-corrected chi connectivity index (χ2v) is 7.72. The molecule has 1 unspecified atom stereocenters. The van der Waals surface area contributed by atoms with Crippen LogP contribution in [0.1, 0.15) is 46.5 Å². The van der Waals surface area contributed by atoms with Crippen LogP contribution >= 0.6 is 11.3 Å². The molecule has 4 nitrogen and oxygen atoms in total. The molecule has 1 aliphatic heterocycles. The van der Waals surface area contributed by atoms with Gasteiger partial charge in [-0.05, 0) is 67.2 Å². The van der Waals surface area contributed by atoms with Gasteiger partial charge in [0.2, 0.25) is 5.91 Å². The fourth-order valence-electron chi connectivity index (χ4n) is 3.94. The smallest absolute Gasteiger partial charge is 0.264 e. The van der Waals surface area contributed by atoms with Gasteiger partial charge in [-0.3, -0.25) is 9.59 Å². The van der Waals surface area contributed by atoms with Crippen molar-refractivity contribution in [2.45, 2.75) is 44.6 Å². The normalized spacial score (nSPS) is 19.5. The van der Waals surface area contributed by atoms with Gasteiger partial charge >= 0.3 is 0 Å². The summed E-state index contributed by atoms with van der Waals surface area (Å²) >= 11 is 1.43. The van der Waals surface area contributed by atoms with Crippen LogP contribution in [0.15, 0.2) is 35.7 Å². The van der Waals surface area contributed by atoms with E-state index >= 15 is 0 Å². The van der Waals surface area contributed by atoms with Crippen LogP contribution in [0, 0.1) is 0 Å². The zero-order chi connectivity index (χ0) is 17.2. The molecule has 2 aliphatic rings. The molecule has 1 aromatic carbocycles. The van der Waals surface area contributed by atoms with E-state index in [9.17, 15) is 9.59 Å². The summed E-state index contributed by atoms with van der Waals surface area (Å²) in [5, 5.41) is 5.01. The molecule has 130 valence electrons. The van der Waals surface area contributed by atoms with E-state index in [1.54, 1.807) is 4.90 Å². The Hall–Kier alpha value is -2.14. The lowest BCUT2D eigenvalue weighted by molar-refractivity contribution is -0.119. The number of carbonyl (C=O) groups excluding carboxylic acids is 2. The van der Waals surface area contributed by atoms with E-state index in [1.165, 1.54) is 35.3 Å². The summed E-state index contributed by atoms with van der Waals surface area (Å²) in [5.41, 5.74) is 3.55. The van der Waals surface area contributed by atoms with Crippen LogP contribution in [0.5, 0.6) is 0 Å². The van der Waals surface area contributed by atoms with E-state index in [0.717, 1.165) is 31.4 Å². The molecule has 1 aliphatic carbocycles. The number of anilines is 1. The molecule has 25 heavy (non-hydrogen) atoms. The molecule has 1 saturated heterocycles. The Morgan fingerprint density at radius 2 is 1.96 bits per heavy atom. The maximum absolute atomic E-state index is 12.9. The minimum atomic E-state index is -0.367. The summed E-state index contributed by atoms with van der Waals surface area (Å²) in [4.78, 5) is 28.0. The number of hydrogen-bond donors (Lipinski definition) is 1. The molecule has 0 saturated carbocycles. The molecular formula is C20H22N2O2S. The molecule has 2 heterocycles. The summed E-state index contributed by atoms with van der Waals surface area (Å²) in [6.45, 7) is 0.654. The number of carbonyl (C=O) groups is 2. The third kappa shape index (κ3) is 3.21. The summed E-state index contributed by atoms with van der Waals surface area (Å²) in [6.07, 6.45) is 6.11. The Kier molecular flexibility index (Phi) is 4.57. The summed E-state index contributed by atoms with van der Waals surface area (Å²) in [7, 11) is 0. The second kappa shape index (κ2) is 7.00. The van der Waals surface area contributed by atoms with Gasteiger partial charge in [0.05, 0.1) is 4.88 Å². The third-order valence-corrected chi connectivity index (χ3v) is 6.06. The number of likely N-dealkylation sites (tertiary alicyclic amines) is 1. The number of hydrogen-bond acceptors (Lipinski definition) is 3. The summed E-state index contributed by atoms with van der Waals surface area (Å²) in [5.74, 6) is -0.0795. The molecule has 2 amide bonds. The lowest BCUT2D eigenvalue weighted by Crippen LogP contribution is -2.43. The lowest BCUT2D eigenvalue weighted by atomic mass is 9.90. The van der Waals surface area contributed by atoms with Crippen LogP contribution in [0.2, 0.25) is 0 Å². The number of rotatable bonds is 3. The lowest BCUT2D eigenvalue weighted by Gasteiger charge is -2.25. The molecule has 2 aromatic rings. The van der Waals surface area contributed by atoms with Gasteiger partial charge in [0.15, 0.2) is 0 Å². The van der Waals surface area contributed by atoms with Crippen LogP contribution in [0.25, 0.3) is 0 Å². The second-order valence-electron chi connectivity index (χ2n) is 6.77. The number of benzene rings is 1. The number of amides is 2. The quantitative estimate of drug-likeness (QED) is 0.910. The van der Waals surface area contributed by atoms with Gasteiger partial charge in [-0.15, -0.1) is 11.3 Å². The zero-order valence-corrected chi connectivity index (χ0v) is 15.0. The third-order valence-electron chi connectivity index (χ3n) is 5.20. The van der Waals surface area contributed by atoms with Crippen molar-refractivity contribution >= 4 is 28.8 Å². The van der Waals surface area contributed by atoms with Crippen molar-refractivity contribution in [3.8, 4) is 0 Å². The van der Waals surface area contributed by atoms with Gasteiger partial charge in [0.1, 0.15) is 6.04 Å². The van der Waals surface area contributed by atoms with Gasteiger partial charge in [0.25, 0.3) is 5.91 Å². The van der Waals surface area contributed by atoms with Crippen molar-refractivity contribution in [2.75, 3.05) is 11.9 Å². The number of nitrogens with one attached hydrogen (secondary N) is 1. The highest BCUT2D eigenvalue weighted by atomic mass is 32.1. The van der Waals surface area contributed by atoms with Gasteiger partial charge in [-0.2, -0.15) is 0 Å². The molecule has 1 aromatic heterocycles. The first-order chi connectivity index (χ1) is 12.2. The molecule has 1 N–H and O–H groups in total. The van der Waals surface area contributed by atoms with E-state index in [4.69, 9.17) is 0 Å². The van der Waals surface area contributed by atoms with Crippen molar-refractivity contribution in [2.24, 2.45) is 0 Å². The number of thiophene rings is 1. The van der Waals surface area contributed by atoms with Crippen molar-refractivity contribution in [3.63, 3.8) is 0 Å². The number of nitrogens with zero attached hydrogens (tertiary/aromatic N) is 1. The average molecular weight is 354 g/mol. The van der Waals surface area contributed by atoms with Gasteiger partial charge in [-0.1, -0.05) is 18.2 Å². The zero-order valence-electron chi connectivity index (χ0n) is 14.2. The monoisotopic (exact) mass is 354 g/mol. The highest BCUT2D eigenvalue weighted by molar-refractivity contribution is 7.12. The van der Waals surface area contributed by atoms with E-state index < -0.39 is 0 Å². The molecule has 5 heteroatoms. The maximum Gasteiger partial charge on any atom is 0.264 e. The molecule has 1 atom stereocenters. The standard InChI is InChI=1S/C20H22N2O2S/c23-19(21-16-9-3-7-14-6-1-2-8-15(14)16)17-10-4-12-22(17)20(24)18-11-5-13-25-18/h3,5,7,9,11,13,17H,1-2,4,6,8,10,12H2,(H,21,23). The molecule has 1 fully saturated rings. The van der Waals surface area contributed by atoms with Crippen molar-refractivity contribution in [3.05, 3.63) is 51.7 Å². The first kappa shape index (κ1) is 16.3. The highest BCUT2D eigenvalue weighted by Crippen LogP contribution is 2.29. The van der Waals surface area contributed by atoms with E-state index in [0.29, 0.717) is 11.4 Å². The predicted molar refractivity (Wildman–Crippen MR) is 100 cm³/mol. The number of aryl methyl sites for hydroxylation is 1. The Balaban J connectivity index is 1.52. The minimum Gasteiger partial charge on any atom is -0.326 e. The van der Waals surface area contributed by atoms with Crippen molar-refractivity contribution in [1.29, 1.82) is 0 Å². The maximum atomic E-state index is 12.9. The topological polar surface area (TPSA) is 49.4 Å². The fraction of sp³-hybridized carbons (Fsp3) is 0.400. The molecule has 0 bridgehead atoms. The fourth-order valence-corrected chi connectivity index (χ4v) is 4.62. The van der Waals surface area contributed by atoms with Gasteiger partial charge in [0, 0.05) is 12.2 Å². The minimum absolute atomic E-state index is 0.0252. The Labute approximate surface area is 151 Å². The highest BCUT2D eigenvalue weighted by Gasteiger charge is 2.35. The Bertz CT molecular complexity index is 785. The molecule has 0 spiro atoms. The molecule has 0 radical (unpaired) electrons. The first-order valence-electron chi connectivity index (χ1n) is 9.00. The van der Waals surface area contributed by atoms with E-state index in [1.807, 2.05) is 29.6 Å². The van der Waals surface area contributed by atoms with Crippen molar-refractivity contribution < 1.29 is 9.59 Å². The van der Waals surface area contributed by atoms with Crippen molar-refractivity contribution in [1.82, 2.24) is 4.90 Å². The Morgan fingerprint density at radius 3 is 2.80 bits per heavy atom. The number of fused-ring (bicyclic) bond motifs is 1. The van der Waals surface area contributed by atoms with Crippen LogP contribution in [0.4, 0.5) is 5.69 Å². The van der Waals surface area contributed by atoms with Gasteiger partial charge < -0.3 is 10.2 Å². The first-order valence-corrected chi connectivity index (χ1v) is 9.88. The van der Waals surface area contributed by atoms with Gasteiger partial charge in [-0.25, -0.2) is 0 Å². The largest absolute Gasteiger partial charge is 0.326 e. The van der Waals surface area contributed by atoms with Crippen LogP contribution < -0.4 is 5.32 Å². The van der Waals surface area contributed by atoms with Crippen LogP contribution in [-0.4, -0.2) is 29.3 Å². The van der Waals surface area contributed by atoms with E-state index in [-0.39, 0.29) is 17.9 Å². The van der Waals surface area contributed by atoms with Crippen LogP contribution in [-0.2, 0) is 17.6 Å². The van der Waals surface area contributed by atoms with Crippen LogP contribution in [0.3, 0.4) is 0 Å². The predicted octanol–water partition coefficient (Wildman–Crippen LogP) is 3.87. The average Bonchev–Trinajstić information content (AvgIpc) is 3.33. The molecule has 4 rings (SSSR count).